The van der Waals surface area contributed by atoms with Gasteiger partial charge < -0.3 is 10.2 Å². The summed E-state index contributed by atoms with van der Waals surface area (Å²) < 4.78 is 0. The van der Waals surface area contributed by atoms with Gasteiger partial charge in [0.1, 0.15) is 0 Å². The Morgan fingerprint density at radius 1 is 1.29 bits per heavy atom. The van der Waals surface area contributed by atoms with E-state index in [9.17, 15) is 0 Å². The Kier molecular flexibility index (Phi) is 5.80. The molecule has 21 heavy (non-hydrogen) atoms. The van der Waals surface area contributed by atoms with Crippen molar-refractivity contribution in [3.8, 4) is 0 Å². The van der Waals surface area contributed by atoms with Crippen LogP contribution in [0.3, 0.4) is 0 Å². The molecule has 0 radical (unpaired) electrons. The Balaban J connectivity index is 2.12. The lowest BCUT2D eigenvalue weighted by Gasteiger charge is -2.32. The minimum absolute atomic E-state index is 0.413. The maximum absolute atomic E-state index is 3.53. The second kappa shape index (κ2) is 7.39. The average molecular weight is 289 g/mol. The van der Waals surface area contributed by atoms with Gasteiger partial charge in [0.2, 0.25) is 0 Å². The van der Waals surface area contributed by atoms with Crippen LogP contribution in [0.4, 0.5) is 0 Å². The molecule has 1 N–H and O–H groups in total. The average Bonchev–Trinajstić information content (AvgIpc) is 2.60. The normalized spacial score (nSPS) is 23.0. The predicted molar refractivity (Wildman–Crippen MR) is 90.9 cm³/mol. The maximum atomic E-state index is 3.53. The summed E-state index contributed by atoms with van der Waals surface area (Å²) in [5, 5.41) is 3.53. The van der Waals surface area contributed by atoms with Crippen molar-refractivity contribution in [1.82, 2.24) is 15.1 Å². The summed E-state index contributed by atoms with van der Waals surface area (Å²) in [5.41, 5.74) is 4.18. The number of rotatable bonds is 4. The maximum Gasteiger partial charge on any atom is 0.0449 e. The molecule has 1 aromatic rings. The first-order valence-electron chi connectivity index (χ1n) is 8.18. The fourth-order valence-electron chi connectivity index (χ4n) is 3.41. The van der Waals surface area contributed by atoms with Crippen molar-refractivity contribution in [2.24, 2.45) is 0 Å². The molecule has 0 amide bonds. The highest BCUT2D eigenvalue weighted by molar-refractivity contribution is 5.33. The van der Waals surface area contributed by atoms with Gasteiger partial charge in [-0.1, -0.05) is 23.8 Å². The summed E-state index contributed by atoms with van der Waals surface area (Å²) in [4.78, 5) is 5.10. The highest BCUT2D eigenvalue weighted by Gasteiger charge is 2.23. The van der Waals surface area contributed by atoms with E-state index in [0.717, 1.165) is 6.54 Å². The molecule has 3 nitrogen and oxygen atoms in total. The third-order valence-corrected chi connectivity index (χ3v) is 4.76. The van der Waals surface area contributed by atoms with Crippen molar-refractivity contribution >= 4 is 0 Å². The van der Waals surface area contributed by atoms with Crippen LogP contribution in [0.1, 0.15) is 36.1 Å². The van der Waals surface area contributed by atoms with Crippen molar-refractivity contribution < 1.29 is 0 Å². The number of nitrogens with one attached hydrogen (secondary N) is 1. The molecule has 0 aromatic heterocycles. The van der Waals surface area contributed by atoms with Crippen molar-refractivity contribution in [3.05, 3.63) is 34.9 Å². The fraction of sp³-hybridized carbons (Fsp3) is 0.667. The molecule has 0 spiro atoms. The third-order valence-electron chi connectivity index (χ3n) is 4.76. The first-order valence-corrected chi connectivity index (χ1v) is 8.18. The molecule has 3 heteroatoms. The molecule has 1 heterocycles. The number of hydrogen-bond donors (Lipinski definition) is 1. The topological polar surface area (TPSA) is 18.5 Å². The van der Waals surface area contributed by atoms with E-state index in [4.69, 9.17) is 0 Å². The molecule has 2 unspecified atom stereocenters. The number of nitrogens with zero attached hydrogens (tertiary/aromatic N) is 2. The zero-order valence-electron chi connectivity index (χ0n) is 14.3. The molecule has 1 fully saturated rings. The van der Waals surface area contributed by atoms with E-state index in [-0.39, 0.29) is 0 Å². The third kappa shape index (κ3) is 4.29. The largest absolute Gasteiger partial charge is 0.312 e. The Morgan fingerprint density at radius 3 is 2.76 bits per heavy atom. The van der Waals surface area contributed by atoms with Crippen LogP contribution in [-0.2, 0) is 0 Å². The van der Waals surface area contributed by atoms with Gasteiger partial charge in [0.15, 0.2) is 0 Å². The molecule has 2 atom stereocenters. The van der Waals surface area contributed by atoms with E-state index in [2.05, 4.69) is 68.2 Å². The van der Waals surface area contributed by atoms with Crippen molar-refractivity contribution in [2.75, 3.05) is 40.3 Å². The van der Waals surface area contributed by atoms with Gasteiger partial charge in [-0.2, -0.15) is 0 Å². The predicted octanol–water partition coefficient (Wildman–Crippen LogP) is 2.59. The fourth-order valence-corrected chi connectivity index (χ4v) is 3.41. The van der Waals surface area contributed by atoms with Gasteiger partial charge in [-0.3, -0.25) is 4.90 Å². The van der Waals surface area contributed by atoms with Gasteiger partial charge in [-0.25, -0.2) is 0 Å². The molecule has 0 saturated carbocycles. The standard InChI is InChI=1S/C18H31N3/c1-14-7-8-15(2)17(11-14)18(19-4)13-21-10-6-9-20(5)12-16(21)3/h7-8,11,16,18-19H,6,9-10,12-13H2,1-5H3. The van der Waals surface area contributed by atoms with E-state index in [1.807, 2.05) is 0 Å². The van der Waals surface area contributed by atoms with Gasteiger partial charge >= 0.3 is 0 Å². The summed E-state index contributed by atoms with van der Waals surface area (Å²) >= 11 is 0. The lowest BCUT2D eigenvalue weighted by molar-refractivity contribution is 0.185. The summed E-state index contributed by atoms with van der Waals surface area (Å²) in [7, 11) is 4.32. The van der Waals surface area contributed by atoms with Crippen LogP contribution < -0.4 is 5.32 Å². The van der Waals surface area contributed by atoms with E-state index in [1.165, 1.54) is 42.7 Å². The van der Waals surface area contributed by atoms with Crippen LogP contribution in [0.25, 0.3) is 0 Å². The highest BCUT2D eigenvalue weighted by atomic mass is 15.2. The lowest BCUT2D eigenvalue weighted by atomic mass is 9.98. The molecule has 118 valence electrons. The summed E-state index contributed by atoms with van der Waals surface area (Å²) in [5.74, 6) is 0. The van der Waals surface area contributed by atoms with E-state index >= 15 is 0 Å². The van der Waals surface area contributed by atoms with Gasteiger partial charge in [-0.15, -0.1) is 0 Å². The van der Waals surface area contributed by atoms with Gasteiger partial charge in [0.25, 0.3) is 0 Å². The minimum Gasteiger partial charge on any atom is -0.312 e. The number of benzene rings is 1. The molecule has 2 rings (SSSR count). The van der Waals surface area contributed by atoms with Crippen LogP contribution in [-0.4, -0.2) is 56.1 Å². The van der Waals surface area contributed by atoms with Crippen LogP contribution in [0, 0.1) is 13.8 Å². The van der Waals surface area contributed by atoms with E-state index < -0.39 is 0 Å². The highest BCUT2D eigenvalue weighted by Crippen LogP contribution is 2.22. The summed E-state index contributed by atoms with van der Waals surface area (Å²) in [6, 6.07) is 7.82. The second-order valence-corrected chi connectivity index (χ2v) is 6.66. The Labute approximate surface area is 130 Å². The molecular formula is C18H31N3. The van der Waals surface area contributed by atoms with Crippen LogP contribution >= 0.6 is 0 Å². The quantitative estimate of drug-likeness (QED) is 0.919. The van der Waals surface area contributed by atoms with Crippen LogP contribution in [0.5, 0.6) is 0 Å². The molecule has 0 aliphatic carbocycles. The van der Waals surface area contributed by atoms with E-state index in [0.29, 0.717) is 12.1 Å². The molecule has 0 bridgehead atoms. The Bertz CT molecular complexity index is 458. The number of hydrogen-bond acceptors (Lipinski definition) is 3. The Hall–Kier alpha value is -0.900. The van der Waals surface area contributed by atoms with Crippen molar-refractivity contribution in [2.45, 2.75) is 39.3 Å². The Morgan fingerprint density at radius 2 is 2.05 bits per heavy atom. The molecule has 1 aromatic carbocycles. The van der Waals surface area contributed by atoms with Crippen molar-refractivity contribution in [3.63, 3.8) is 0 Å². The number of likely N-dealkylation sites (N-methyl/N-ethyl adjacent to an activating group) is 2. The minimum atomic E-state index is 0.413. The van der Waals surface area contributed by atoms with Gasteiger partial charge in [0, 0.05) is 25.2 Å². The van der Waals surface area contributed by atoms with Crippen LogP contribution in [0.15, 0.2) is 18.2 Å². The first-order chi connectivity index (χ1) is 10.0. The molecular weight excluding hydrogens is 258 g/mol. The molecule has 1 aliphatic rings. The SMILES string of the molecule is CNC(CN1CCCN(C)CC1C)c1cc(C)ccc1C. The van der Waals surface area contributed by atoms with Gasteiger partial charge in [-0.05, 0) is 65.5 Å². The second-order valence-electron chi connectivity index (χ2n) is 6.66. The van der Waals surface area contributed by atoms with E-state index in [1.54, 1.807) is 0 Å². The van der Waals surface area contributed by atoms with Crippen molar-refractivity contribution in [1.29, 1.82) is 0 Å². The van der Waals surface area contributed by atoms with Gasteiger partial charge in [0.05, 0.1) is 0 Å². The monoisotopic (exact) mass is 289 g/mol. The first kappa shape index (κ1) is 16.5. The van der Waals surface area contributed by atoms with Crippen LogP contribution in [0.2, 0.25) is 0 Å². The smallest absolute Gasteiger partial charge is 0.0449 e. The summed E-state index contributed by atoms with van der Waals surface area (Å²) in [6.07, 6.45) is 1.27. The zero-order valence-corrected chi connectivity index (χ0v) is 14.3. The molecule has 1 saturated heterocycles. The number of aryl methyl sites for hydroxylation is 2. The summed E-state index contributed by atoms with van der Waals surface area (Å²) in [6.45, 7) is 11.4. The lowest BCUT2D eigenvalue weighted by Crippen LogP contribution is -2.42. The zero-order chi connectivity index (χ0) is 15.4. The molecule has 1 aliphatic heterocycles.